The molecule has 38 heavy (non-hydrogen) atoms. The minimum Gasteiger partial charge on any atom is -0.309 e. The highest BCUT2D eigenvalue weighted by Gasteiger charge is 2.18. The first-order chi connectivity index (χ1) is 18.1. The van der Waals surface area contributed by atoms with Gasteiger partial charge in [0, 0.05) is 0 Å². The summed E-state index contributed by atoms with van der Waals surface area (Å²) >= 11 is 0. The number of rotatable bonds is 26. The van der Waals surface area contributed by atoms with Crippen molar-refractivity contribution < 1.29 is 18.9 Å². The number of unbranched alkanes of at least 4 members (excludes halogenated alkanes) is 11. The van der Waals surface area contributed by atoms with Crippen molar-refractivity contribution in [2.75, 3.05) is 27.2 Å². The van der Waals surface area contributed by atoms with Crippen LogP contribution in [-0.2, 0) is 9.09 Å². The third kappa shape index (κ3) is 34.1. The van der Waals surface area contributed by atoms with Gasteiger partial charge in [-0.3, -0.25) is 4.52 Å². The molecule has 0 heterocycles. The highest BCUT2D eigenvalue weighted by atomic mass is 31.2. The molecule has 3 unspecified atom stereocenters. The molecule has 0 aliphatic heterocycles. The molecule has 3 atom stereocenters. The summed E-state index contributed by atoms with van der Waals surface area (Å²) in [7, 11) is -0.0177. The fraction of sp³-hybridized carbons (Fsp3) is 1.00. The maximum Gasteiger partial charge on any atom is 0.469 e. The molecule has 0 aliphatic rings. The van der Waals surface area contributed by atoms with Gasteiger partial charge in [0.25, 0.3) is 0 Å². The van der Waals surface area contributed by atoms with Crippen LogP contribution in [0.1, 0.15) is 163 Å². The van der Waals surface area contributed by atoms with Crippen LogP contribution in [-0.4, -0.2) is 41.9 Å². The van der Waals surface area contributed by atoms with Crippen molar-refractivity contribution >= 4 is 7.82 Å². The zero-order chi connectivity index (χ0) is 29.1. The molecular formula is C32H70NO4P. The van der Waals surface area contributed by atoms with E-state index in [0.717, 1.165) is 37.5 Å². The van der Waals surface area contributed by atoms with Crippen LogP contribution in [0.15, 0.2) is 0 Å². The summed E-state index contributed by atoms with van der Waals surface area (Å²) in [4.78, 5) is 20.1. The predicted octanol–water partition coefficient (Wildman–Crippen LogP) is 10.4. The maximum atomic E-state index is 10.9. The average molecular weight is 564 g/mol. The zero-order valence-corrected chi connectivity index (χ0v) is 27.8. The van der Waals surface area contributed by atoms with Gasteiger partial charge in [0.2, 0.25) is 0 Å². The van der Waals surface area contributed by atoms with E-state index in [1.807, 2.05) is 0 Å². The molecule has 0 fully saturated rings. The van der Waals surface area contributed by atoms with Gasteiger partial charge in [0.1, 0.15) is 0 Å². The molecule has 0 bridgehead atoms. The molecule has 0 saturated carbocycles. The van der Waals surface area contributed by atoms with Crippen LogP contribution < -0.4 is 0 Å². The SMILES string of the molecule is CCC(C)CCCCCC(CCCC(C)CC)COP(=O)(O)O.CCCCCCCCCCCCN(C)C. The Hall–Kier alpha value is 0.0700. The van der Waals surface area contributed by atoms with Crippen molar-refractivity contribution in [1.29, 1.82) is 0 Å². The molecule has 0 aromatic heterocycles. The molecule has 0 aromatic carbocycles. The Labute approximate surface area is 239 Å². The van der Waals surface area contributed by atoms with Crippen LogP contribution in [0.2, 0.25) is 0 Å². The second-order valence-electron chi connectivity index (χ2n) is 12.2. The van der Waals surface area contributed by atoms with E-state index >= 15 is 0 Å². The van der Waals surface area contributed by atoms with Crippen LogP contribution in [0, 0.1) is 17.8 Å². The smallest absolute Gasteiger partial charge is 0.309 e. The summed E-state index contributed by atoms with van der Waals surface area (Å²) in [6, 6.07) is 0. The van der Waals surface area contributed by atoms with Gasteiger partial charge in [-0.05, 0) is 57.7 Å². The van der Waals surface area contributed by atoms with Gasteiger partial charge in [-0.25, -0.2) is 4.57 Å². The van der Waals surface area contributed by atoms with Crippen LogP contribution in [0.5, 0.6) is 0 Å². The lowest BCUT2D eigenvalue weighted by Gasteiger charge is -2.18. The van der Waals surface area contributed by atoms with Crippen molar-refractivity contribution in [2.24, 2.45) is 17.8 Å². The topological polar surface area (TPSA) is 70.0 Å². The Morgan fingerprint density at radius 1 is 0.632 bits per heavy atom. The minimum absolute atomic E-state index is 0.191. The number of hydrogen-bond donors (Lipinski definition) is 2. The first-order valence-electron chi connectivity index (χ1n) is 16.4. The van der Waals surface area contributed by atoms with Gasteiger partial charge in [-0.1, -0.05) is 144 Å². The quantitative estimate of drug-likeness (QED) is 0.0809. The molecule has 0 saturated heterocycles. The molecular weight excluding hydrogens is 493 g/mol. The van der Waals surface area contributed by atoms with Crippen molar-refractivity contribution in [1.82, 2.24) is 4.90 Å². The molecule has 5 nitrogen and oxygen atoms in total. The van der Waals surface area contributed by atoms with Crippen molar-refractivity contribution in [3.63, 3.8) is 0 Å². The fourth-order valence-electron chi connectivity index (χ4n) is 4.69. The van der Waals surface area contributed by atoms with E-state index < -0.39 is 7.82 Å². The Morgan fingerprint density at radius 3 is 1.53 bits per heavy atom. The summed E-state index contributed by atoms with van der Waals surface area (Å²) in [5.74, 6) is 1.81. The van der Waals surface area contributed by atoms with Gasteiger partial charge in [-0.2, -0.15) is 0 Å². The van der Waals surface area contributed by atoms with Crippen LogP contribution >= 0.6 is 7.82 Å². The summed E-state index contributed by atoms with van der Waals surface area (Å²) < 4.78 is 15.7. The van der Waals surface area contributed by atoms with Crippen molar-refractivity contribution in [3.05, 3.63) is 0 Å². The van der Waals surface area contributed by atoms with Crippen molar-refractivity contribution in [3.8, 4) is 0 Å². The van der Waals surface area contributed by atoms with E-state index in [0.29, 0.717) is 0 Å². The van der Waals surface area contributed by atoms with E-state index in [1.54, 1.807) is 0 Å². The highest BCUT2D eigenvalue weighted by Crippen LogP contribution is 2.37. The molecule has 2 N–H and O–H groups in total. The predicted molar refractivity (Wildman–Crippen MR) is 168 cm³/mol. The lowest BCUT2D eigenvalue weighted by Crippen LogP contribution is -2.12. The second-order valence-corrected chi connectivity index (χ2v) is 13.5. The van der Waals surface area contributed by atoms with E-state index in [9.17, 15) is 4.57 Å². The first-order valence-corrected chi connectivity index (χ1v) is 17.9. The minimum atomic E-state index is -4.34. The molecule has 0 rings (SSSR count). The normalized spacial score (nSPS) is 14.3. The van der Waals surface area contributed by atoms with Gasteiger partial charge < -0.3 is 14.7 Å². The number of phosphoric ester groups is 1. The first kappa shape index (κ1) is 40.2. The van der Waals surface area contributed by atoms with E-state index in [1.165, 1.54) is 109 Å². The van der Waals surface area contributed by atoms with Crippen LogP contribution in [0.4, 0.5) is 0 Å². The molecule has 0 radical (unpaired) electrons. The zero-order valence-electron chi connectivity index (χ0n) is 26.9. The molecule has 0 aromatic rings. The standard InChI is InChI=1S/C18H39O4P.C14H31N/c1-5-16(3)11-8-7-9-13-18(15-22-23(19,20)21)14-10-12-17(4)6-2;1-4-5-6-7-8-9-10-11-12-13-14-15(2)3/h16-18H,5-15H2,1-4H3,(H2,19,20,21);4-14H2,1-3H3. The third-order valence-electron chi connectivity index (χ3n) is 7.95. The lowest BCUT2D eigenvalue weighted by molar-refractivity contribution is 0.156. The molecule has 0 spiro atoms. The molecule has 6 heteroatoms. The second kappa shape index (κ2) is 28.6. The monoisotopic (exact) mass is 564 g/mol. The van der Waals surface area contributed by atoms with Crippen LogP contribution in [0.3, 0.4) is 0 Å². The highest BCUT2D eigenvalue weighted by molar-refractivity contribution is 7.46. The van der Waals surface area contributed by atoms with Gasteiger partial charge in [-0.15, -0.1) is 0 Å². The summed E-state index contributed by atoms with van der Waals surface area (Å²) in [6.45, 7) is 12.7. The van der Waals surface area contributed by atoms with Crippen molar-refractivity contribution in [2.45, 2.75) is 163 Å². The lowest BCUT2D eigenvalue weighted by atomic mass is 9.92. The van der Waals surface area contributed by atoms with Gasteiger partial charge in [0.15, 0.2) is 0 Å². The summed E-state index contributed by atoms with van der Waals surface area (Å²) in [6.07, 6.45) is 26.0. The Balaban J connectivity index is 0. The Kier molecular flexibility index (Phi) is 30.3. The summed E-state index contributed by atoms with van der Waals surface area (Å²) in [5, 5.41) is 0. The van der Waals surface area contributed by atoms with E-state index in [-0.39, 0.29) is 12.5 Å². The molecule has 0 aliphatic carbocycles. The van der Waals surface area contributed by atoms with E-state index in [4.69, 9.17) is 14.3 Å². The Bertz CT molecular complexity index is 512. The molecule has 232 valence electrons. The van der Waals surface area contributed by atoms with E-state index in [2.05, 4.69) is 53.6 Å². The molecule has 0 amide bonds. The Morgan fingerprint density at radius 2 is 1.05 bits per heavy atom. The summed E-state index contributed by atoms with van der Waals surface area (Å²) in [5.41, 5.74) is 0. The number of hydrogen-bond acceptors (Lipinski definition) is 3. The maximum absolute atomic E-state index is 10.9. The largest absolute Gasteiger partial charge is 0.469 e. The number of nitrogens with zero attached hydrogens (tertiary/aromatic N) is 1. The fourth-order valence-corrected chi connectivity index (χ4v) is 5.10. The van der Waals surface area contributed by atoms with Crippen LogP contribution in [0.25, 0.3) is 0 Å². The average Bonchev–Trinajstić information content (AvgIpc) is 2.87. The van der Waals surface area contributed by atoms with Gasteiger partial charge in [0.05, 0.1) is 6.61 Å². The van der Waals surface area contributed by atoms with Gasteiger partial charge >= 0.3 is 7.82 Å². The number of phosphoric acid groups is 1. The third-order valence-corrected chi connectivity index (χ3v) is 8.44.